The molecule has 1 amide bonds. The first-order valence-electron chi connectivity index (χ1n) is 4.61. The Morgan fingerprint density at radius 2 is 2.08 bits per heavy atom. The van der Waals surface area contributed by atoms with Crippen LogP contribution >= 0.6 is 0 Å². The third-order valence-electron chi connectivity index (χ3n) is 2.70. The lowest BCUT2D eigenvalue weighted by atomic mass is 9.75. The second-order valence-corrected chi connectivity index (χ2v) is 3.61. The summed E-state index contributed by atoms with van der Waals surface area (Å²) in [4.78, 5) is 21.4. The van der Waals surface area contributed by atoms with Crippen LogP contribution in [0, 0.1) is 0 Å². The molecule has 0 bridgehead atoms. The number of carbonyl (C=O) groups is 2. The van der Waals surface area contributed by atoms with Gasteiger partial charge in [-0.2, -0.15) is 0 Å². The maximum atomic E-state index is 11.1. The van der Waals surface area contributed by atoms with Crippen LogP contribution in [0.25, 0.3) is 0 Å². The normalized spacial score (nSPS) is 18.8. The first-order chi connectivity index (χ1) is 6.08. The van der Waals surface area contributed by atoms with Gasteiger partial charge in [-0.3, -0.25) is 9.59 Å². The van der Waals surface area contributed by atoms with E-state index < -0.39 is 12.4 Å². The van der Waals surface area contributed by atoms with E-state index >= 15 is 0 Å². The molecule has 13 heavy (non-hydrogen) atoms. The van der Waals surface area contributed by atoms with Crippen LogP contribution in [0.4, 0.5) is 0 Å². The van der Waals surface area contributed by atoms with E-state index in [1.165, 1.54) is 0 Å². The van der Waals surface area contributed by atoms with Crippen molar-refractivity contribution in [1.29, 1.82) is 0 Å². The second-order valence-electron chi connectivity index (χ2n) is 3.61. The van der Waals surface area contributed by atoms with Crippen LogP contribution in [0.3, 0.4) is 0 Å². The van der Waals surface area contributed by atoms with Crippen molar-refractivity contribution in [1.82, 2.24) is 5.32 Å². The van der Waals surface area contributed by atoms with Crippen LogP contribution in [0.15, 0.2) is 0 Å². The Hall–Kier alpha value is -1.06. The zero-order chi connectivity index (χ0) is 9.90. The van der Waals surface area contributed by atoms with E-state index in [1.807, 2.05) is 6.92 Å². The van der Waals surface area contributed by atoms with Crippen molar-refractivity contribution in [2.45, 2.75) is 44.6 Å². The minimum absolute atomic E-state index is 0.0907. The monoisotopic (exact) mass is 185 g/mol. The topological polar surface area (TPSA) is 66.4 Å². The SMILES string of the molecule is CCC1(NC(=O)CC(=O)O)CCC1. The molecular weight excluding hydrogens is 170 g/mol. The summed E-state index contributed by atoms with van der Waals surface area (Å²) in [6.07, 6.45) is 3.56. The molecule has 0 aliphatic heterocycles. The van der Waals surface area contributed by atoms with E-state index in [-0.39, 0.29) is 11.4 Å². The van der Waals surface area contributed by atoms with Crippen LogP contribution in [0.2, 0.25) is 0 Å². The van der Waals surface area contributed by atoms with Gasteiger partial charge in [0.2, 0.25) is 5.91 Å². The summed E-state index contributed by atoms with van der Waals surface area (Å²) in [5.41, 5.74) is -0.0907. The molecule has 0 saturated heterocycles. The smallest absolute Gasteiger partial charge is 0.312 e. The highest BCUT2D eigenvalue weighted by Gasteiger charge is 2.36. The van der Waals surface area contributed by atoms with Crippen molar-refractivity contribution in [3.8, 4) is 0 Å². The van der Waals surface area contributed by atoms with E-state index in [0.29, 0.717) is 0 Å². The fourth-order valence-corrected chi connectivity index (χ4v) is 1.65. The van der Waals surface area contributed by atoms with Crippen molar-refractivity contribution >= 4 is 11.9 Å². The van der Waals surface area contributed by atoms with Gasteiger partial charge in [0, 0.05) is 5.54 Å². The number of amides is 1. The molecule has 0 unspecified atom stereocenters. The number of carboxylic acids is 1. The molecule has 1 saturated carbocycles. The van der Waals surface area contributed by atoms with Crippen molar-refractivity contribution in [3.63, 3.8) is 0 Å². The summed E-state index contributed by atoms with van der Waals surface area (Å²) < 4.78 is 0. The first kappa shape index (κ1) is 10.0. The van der Waals surface area contributed by atoms with Gasteiger partial charge in [-0.1, -0.05) is 6.92 Å². The fraction of sp³-hybridized carbons (Fsp3) is 0.778. The maximum Gasteiger partial charge on any atom is 0.312 e. The fourth-order valence-electron chi connectivity index (χ4n) is 1.65. The Bertz CT molecular complexity index is 215. The highest BCUT2D eigenvalue weighted by molar-refractivity contribution is 5.93. The molecule has 1 aliphatic rings. The van der Waals surface area contributed by atoms with Crippen LogP contribution in [-0.4, -0.2) is 22.5 Å². The van der Waals surface area contributed by atoms with Gasteiger partial charge in [0.05, 0.1) is 0 Å². The van der Waals surface area contributed by atoms with E-state index in [2.05, 4.69) is 5.32 Å². The van der Waals surface area contributed by atoms with Gasteiger partial charge in [-0.05, 0) is 25.7 Å². The molecule has 0 aromatic heterocycles. The molecule has 0 heterocycles. The summed E-state index contributed by atoms with van der Waals surface area (Å²) in [5.74, 6) is -1.43. The maximum absolute atomic E-state index is 11.1. The Labute approximate surface area is 77.3 Å². The highest BCUT2D eigenvalue weighted by atomic mass is 16.4. The van der Waals surface area contributed by atoms with Crippen molar-refractivity contribution in [2.24, 2.45) is 0 Å². The van der Waals surface area contributed by atoms with Crippen molar-refractivity contribution in [2.75, 3.05) is 0 Å². The minimum atomic E-state index is -1.07. The van der Waals surface area contributed by atoms with Crippen LogP contribution in [0.1, 0.15) is 39.0 Å². The van der Waals surface area contributed by atoms with Crippen LogP contribution in [0.5, 0.6) is 0 Å². The minimum Gasteiger partial charge on any atom is -0.481 e. The van der Waals surface area contributed by atoms with Gasteiger partial charge in [-0.25, -0.2) is 0 Å². The molecule has 0 radical (unpaired) electrons. The lowest BCUT2D eigenvalue weighted by Gasteiger charge is -2.41. The molecule has 1 fully saturated rings. The Morgan fingerprint density at radius 3 is 2.38 bits per heavy atom. The predicted octanol–water partition coefficient (Wildman–Crippen LogP) is 0.910. The molecule has 0 aromatic rings. The van der Waals surface area contributed by atoms with Gasteiger partial charge < -0.3 is 10.4 Å². The van der Waals surface area contributed by atoms with Crippen molar-refractivity contribution < 1.29 is 14.7 Å². The number of aliphatic carboxylic acids is 1. The van der Waals surface area contributed by atoms with Gasteiger partial charge in [0.1, 0.15) is 6.42 Å². The third kappa shape index (κ3) is 2.44. The van der Waals surface area contributed by atoms with E-state index in [0.717, 1.165) is 25.7 Å². The Kier molecular flexibility index (Phi) is 2.90. The predicted molar refractivity (Wildman–Crippen MR) is 47.3 cm³/mol. The zero-order valence-corrected chi connectivity index (χ0v) is 7.80. The number of hydrogen-bond acceptors (Lipinski definition) is 2. The average Bonchev–Trinajstić information content (AvgIpc) is 1.95. The van der Waals surface area contributed by atoms with Gasteiger partial charge in [0.15, 0.2) is 0 Å². The summed E-state index contributed by atoms with van der Waals surface area (Å²) >= 11 is 0. The molecule has 1 rings (SSSR count). The number of carboxylic acid groups (broad SMARTS) is 1. The molecule has 1 aliphatic carbocycles. The molecule has 4 heteroatoms. The summed E-state index contributed by atoms with van der Waals surface area (Å²) in [6, 6.07) is 0. The lowest BCUT2D eigenvalue weighted by Crippen LogP contribution is -2.53. The number of rotatable bonds is 4. The van der Waals surface area contributed by atoms with E-state index in [9.17, 15) is 9.59 Å². The summed E-state index contributed by atoms with van der Waals surface area (Å²) in [5, 5.41) is 11.2. The second kappa shape index (κ2) is 3.77. The number of carbonyl (C=O) groups excluding carboxylic acids is 1. The quantitative estimate of drug-likeness (QED) is 0.640. The molecule has 4 nitrogen and oxygen atoms in total. The van der Waals surface area contributed by atoms with Crippen LogP contribution in [-0.2, 0) is 9.59 Å². The first-order valence-corrected chi connectivity index (χ1v) is 4.61. The zero-order valence-electron chi connectivity index (χ0n) is 7.80. The van der Waals surface area contributed by atoms with Crippen LogP contribution < -0.4 is 5.32 Å². The van der Waals surface area contributed by atoms with E-state index in [4.69, 9.17) is 5.11 Å². The van der Waals surface area contributed by atoms with Gasteiger partial charge >= 0.3 is 5.97 Å². The lowest BCUT2D eigenvalue weighted by molar-refractivity contribution is -0.141. The third-order valence-corrected chi connectivity index (χ3v) is 2.70. The molecule has 2 N–H and O–H groups in total. The molecule has 0 spiro atoms. The standard InChI is InChI=1S/C9H15NO3/c1-2-9(4-3-5-9)10-7(11)6-8(12)13/h2-6H2,1H3,(H,10,11)(H,12,13). The molecule has 74 valence electrons. The summed E-state index contributed by atoms with van der Waals surface area (Å²) in [7, 11) is 0. The summed E-state index contributed by atoms with van der Waals surface area (Å²) in [6.45, 7) is 2.01. The van der Waals surface area contributed by atoms with Crippen molar-refractivity contribution in [3.05, 3.63) is 0 Å². The van der Waals surface area contributed by atoms with Gasteiger partial charge in [0.25, 0.3) is 0 Å². The van der Waals surface area contributed by atoms with Gasteiger partial charge in [-0.15, -0.1) is 0 Å². The number of nitrogens with one attached hydrogen (secondary N) is 1. The largest absolute Gasteiger partial charge is 0.481 e. The average molecular weight is 185 g/mol. The Balaban J connectivity index is 2.38. The molecule has 0 atom stereocenters. The number of hydrogen-bond donors (Lipinski definition) is 2. The highest BCUT2D eigenvalue weighted by Crippen LogP contribution is 2.34. The van der Waals surface area contributed by atoms with E-state index in [1.54, 1.807) is 0 Å². The molecular formula is C9H15NO3. The Morgan fingerprint density at radius 1 is 1.46 bits per heavy atom. The molecule has 0 aromatic carbocycles.